The normalized spacial score (nSPS) is 22.5. The molecule has 50 heavy (non-hydrogen) atoms. The third-order valence-electron chi connectivity index (χ3n) is 9.17. The highest BCUT2D eigenvalue weighted by atomic mass is 16.3. The Morgan fingerprint density at radius 1 is 0.940 bits per heavy atom. The van der Waals surface area contributed by atoms with E-state index in [-0.39, 0.29) is 50.6 Å². The highest BCUT2D eigenvalue weighted by molar-refractivity contribution is 5.98. The molecule has 2 aromatic carbocycles. The van der Waals surface area contributed by atoms with E-state index in [0.29, 0.717) is 0 Å². The second kappa shape index (κ2) is 14.9. The van der Waals surface area contributed by atoms with Gasteiger partial charge in [0.25, 0.3) is 5.91 Å². The molecule has 5 amide bonds. The Bertz CT molecular complexity index is 1870. The molecule has 14 heteroatoms. The number of nitrogens with one attached hydrogen (secondary N) is 4. The summed E-state index contributed by atoms with van der Waals surface area (Å²) >= 11 is 0. The number of aliphatic hydroxyl groups excluding tert-OH is 1. The van der Waals surface area contributed by atoms with Gasteiger partial charge in [0.05, 0.1) is 12.6 Å². The summed E-state index contributed by atoms with van der Waals surface area (Å²) in [5, 5.41) is 24.4. The molecular formula is C36H42N8O6. The van der Waals surface area contributed by atoms with Gasteiger partial charge in [-0.1, -0.05) is 48.5 Å². The number of amides is 5. The first-order valence-electron chi connectivity index (χ1n) is 16.9. The van der Waals surface area contributed by atoms with Crippen LogP contribution in [-0.4, -0.2) is 110 Å². The van der Waals surface area contributed by atoms with E-state index in [0.717, 1.165) is 22.0 Å². The van der Waals surface area contributed by atoms with Gasteiger partial charge in [0.15, 0.2) is 0 Å². The lowest BCUT2D eigenvalue weighted by atomic mass is 10.0. The van der Waals surface area contributed by atoms with E-state index < -0.39 is 60.3 Å². The van der Waals surface area contributed by atoms with Crippen LogP contribution in [0.5, 0.6) is 0 Å². The topological polar surface area (TPSA) is 182 Å². The molecule has 4 heterocycles. The number of hydrogen-bond acceptors (Lipinski definition) is 7. The fraction of sp³-hybridized carbons (Fsp3) is 0.389. The monoisotopic (exact) mass is 682 g/mol. The second-order valence-electron chi connectivity index (χ2n) is 13.1. The molecule has 262 valence electrons. The summed E-state index contributed by atoms with van der Waals surface area (Å²) in [4.78, 5) is 75.0. The SMILES string of the molecule is CC(C)n1ccc(C(=O)N2CCNC(=O)[C@H](Cc3ccccc3)NC(=O)[C@@H]3C[C@@H](O)CN3C(=O)[C@@H](Cc3c[nH]c4ccccc34)NC(=O)C2)n1. The molecule has 0 unspecified atom stereocenters. The zero-order valence-electron chi connectivity index (χ0n) is 28.0. The lowest BCUT2D eigenvalue weighted by Gasteiger charge is -2.30. The summed E-state index contributed by atoms with van der Waals surface area (Å²) in [6.45, 7) is 3.24. The first kappa shape index (κ1) is 34.4. The number of para-hydroxylation sites is 1. The number of aliphatic hydroxyl groups is 1. The van der Waals surface area contributed by atoms with E-state index >= 15 is 0 Å². The molecule has 2 aliphatic heterocycles. The van der Waals surface area contributed by atoms with Gasteiger partial charge in [-0.15, -0.1) is 0 Å². The third kappa shape index (κ3) is 7.70. The number of benzene rings is 2. The highest BCUT2D eigenvalue weighted by Gasteiger charge is 2.43. The van der Waals surface area contributed by atoms with Gasteiger partial charge >= 0.3 is 0 Å². The molecule has 2 aromatic heterocycles. The Morgan fingerprint density at radius 2 is 1.70 bits per heavy atom. The van der Waals surface area contributed by atoms with E-state index in [1.807, 2.05) is 68.4 Å². The molecule has 4 aromatic rings. The van der Waals surface area contributed by atoms with Crippen molar-refractivity contribution in [1.82, 2.24) is 40.5 Å². The molecule has 6 rings (SSSR count). The van der Waals surface area contributed by atoms with Crippen LogP contribution >= 0.6 is 0 Å². The Morgan fingerprint density at radius 3 is 2.46 bits per heavy atom. The quantitative estimate of drug-likeness (QED) is 0.201. The molecule has 2 aliphatic rings. The minimum Gasteiger partial charge on any atom is -0.391 e. The van der Waals surface area contributed by atoms with Crippen molar-refractivity contribution in [2.75, 3.05) is 26.2 Å². The molecule has 2 saturated heterocycles. The van der Waals surface area contributed by atoms with Crippen molar-refractivity contribution in [1.29, 1.82) is 0 Å². The van der Waals surface area contributed by atoms with Crippen molar-refractivity contribution < 1.29 is 29.1 Å². The number of hydrogen-bond donors (Lipinski definition) is 5. The van der Waals surface area contributed by atoms with Gasteiger partial charge in [0.2, 0.25) is 23.6 Å². The van der Waals surface area contributed by atoms with Crippen LogP contribution in [0.15, 0.2) is 73.1 Å². The first-order chi connectivity index (χ1) is 24.1. The largest absolute Gasteiger partial charge is 0.391 e. The van der Waals surface area contributed by atoms with Crippen molar-refractivity contribution in [3.05, 3.63) is 89.9 Å². The summed E-state index contributed by atoms with van der Waals surface area (Å²) in [6, 6.07) is 15.1. The number of carbonyl (C=O) groups is 5. The minimum absolute atomic E-state index is 0.00281. The zero-order valence-corrected chi connectivity index (χ0v) is 28.0. The number of rotatable bonds is 6. The van der Waals surface area contributed by atoms with Crippen LogP contribution in [-0.2, 0) is 32.0 Å². The Kier molecular flexibility index (Phi) is 10.3. The summed E-state index contributed by atoms with van der Waals surface area (Å²) < 4.78 is 1.64. The van der Waals surface area contributed by atoms with E-state index in [2.05, 4.69) is 26.0 Å². The third-order valence-corrected chi connectivity index (χ3v) is 9.17. The molecule has 0 saturated carbocycles. The van der Waals surface area contributed by atoms with Crippen molar-refractivity contribution >= 4 is 40.4 Å². The minimum atomic E-state index is -1.13. The van der Waals surface area contributed by atoms with Crippen LogP contribution in [0.25, 0.3) is 10.9 Å². The number of H-pyrrole nitrogens is 1. The van der Waals surface area contributed by atoms with Crippen LogP contribution in [0.2, 0.25) is 0 Å². The lowest BCUT2D eigenvalue weighted by Crippen LogP contribution is -2.57. The Balaban J connectivity index is 1.34. The van der Waals surface area contributed by atoms with Crippen molar-refractivity contribution in [3.63, 3.8) is 0 Å². The fourth-order valence-electron chi connectivity index (χ4n) is 6.56. The molecule has 0 radical (unpaired) electrons. The molecule has 2 fully saturated rings. The van der Waals surface area contributed by atoms with E-state index in [1.165, 1.54) is 9.80 Å². The summed E-state index contributed by atoms with van der Waals surface area (Å²) in [5.74, 6) is -2.77. The van der Waals surface area contributed by atoms with Crippen molar-refractivity contribution in [3.8, 4) is 0 Å². The molecule has 0 spiro atoms. The number of nitrogens with zero attached hydrogens (tertiary/aromatic N) is 4. The van der Waals surface area contributed by atoms with Crippen molar-refractivity contribution in [2.45, 2.75) is 63.4 Å². The molecule has 14 nitrogen and oxygen atoms in total. The van der Waals surface area contributed by atoms with E-state index in [1.54, 1.807) is 23.1 Å². The van der Waals surface area contributed by atoms with Gasteiger partial charge in [-0.3, -0.25) is 28.7 Å². The molecule has 0 bridgehead atoms. The Hall–Kier alpha value is -5.50. The van der Waals surface area contributed by atoms with Crippen molar-refractivity contribution in [2.24, 2.45) is 0 Å². The van der Waals surface area contributed by atoms with Crippen LogP contribution in [0.4, 0.5) is 0 Å². The Labute approximate surface area is 289 Å². The maximum atomic E-state index is 14.3. The number of carbonyl (C=O) groups excluding carboxylic acids is 5. The molecular weight excluding hydrogens is 640 g/mol. The van der Waals surface area contributed by atoms with Crippen LogP contribution < -0.4 is 16.0 Å². The van der Waals surface area contributed by atoms with Gasteiger partial charge < -0.3 is 35.8 Å². The van der Waals surface area contributed by atoms with E-state index in [4.69, 9.17) is 0 Å². The average molecular weight is 683 g/mol. The molecule has 4 atom stereocenters. The molecule has 0 aliphatic carbocycles. The second-order valence-corrected chi connectivity index (χ2v) is 13.1. The van der Waals surface area contributed by atoms with Gasteiger partial charge in [-0.25, -0.2) is 0 Å². The molecule has 5 N–H and O–H groups in total. The summed E-state index contributed by atoms with van der Waals surface area (Å²) in [5.41, 5.74) is 2.55. The standard InChI is InChI=1S/C36H42N8O6/c1-22(2)44-14-12-28(41-44)35(49)42-15-13-37-33(47)29(16-23-8-4-3-5-9-23)40-34(48)31-18-25(45)20-43(31)36(50)30(39-32(46)21-42)17-24-19-38-27-11-7-6-10-26(24)27/h3-12,14,19,22,25,29-31,38,45H,13,15-18,20-21H2,1-2H3,(H,37,47)(H,39,46)(H,40,48)/t25-,29+,30-,31+/m1/s1. The van der Waals surface area contributed by atoms with Gasteiger partial charge in [0.1, 0.15) is 23.8 Å². The summed E-state index contributed by atoms with van der Waals surface area (Å²) in [7, 11) is 0. The lowest BCUT2D eigenvalue weighted by molar-refractivity contribution is -0.142. The predicted octanol–water partition coefficient (Wildman–Crippen LogP) is 0.934. The highest BCUT2D eigenvalue weighted by Crippen LogP contribution is 2.24. The first-order valence-corrected chi connectivity index (χ1v) is 16.9. The van der Waals surface area contributed by atoms with Gasteiger partial charge in [0, 0.05) is 68.2 Å². The smallest absolute Gasteiger partial charge is 0.274 e. The van der Waals surface area contributed by atoms with Crippen LogP contribution in [0.3, 0.4) is 0 Å². The zero-order chi connectivity index (χ0) is 35.4. The van der Waals surface area contributed by atoms with Gasteiger partial charge in [-0.2, -0.15) is 5.10 Å². The van der Waals surface area contributed by atoms with Crippen LogP contribution in [0, 0.1) is 0 Å². The van der Waals surface area contributed by atoms with Gasteiger partial charge in [-0.05, 0) is 37.1 Å². The number of aromatic amines is 1. The summed E-state index contributed by atoms with van der Waals surface area (Å²) in [6.07, 6.45) is 2.68. The van der Waals surface area contributed by atoms with E-state index in [9.17, 15) is 29.1 Å². The average Bonchev–Trinajstić information content (AvgIpc) is 3.86. The predicted molar refractivity (Wildman–Crippen MR) is 184 cm³/mol. The fourth-order valence-corrected chi connectivity index (χ4v) is 6.56. The maximum Gasteiger partial charge on any atom is 0.274 e. The number of aromatic nitrogens is 3. The number of fused-ring (bicyclic) bond motifs is 2. The maximum absolute atomic E-state index is 14.3. The van der Waals surface area contributed by atoms with Crippen LogP contribution in [0.1, 0.15) is 47.9 Å².